The molecule has 158 valence electrons. The van der Waals surface area contributed by atoms with Crippen molar-refractivity contribution < 1.29 is 18.1 Å². The number of benzene rings is 2. The molecule has 3 rings (SSSR count). The first-order valence-electron chi connectivity index (χ1n) is 8.68. The summed E-state index contributed by atoms with van der Waals surface area (Å²) in [6, 6.07) is 9.47. The SMILES string of the molecule is CN(CC(=O)Nc1ccc([N+](=O)[O-])cc1)S(=O)(=O)c1ccc2c(c1)n(C)c(=O)n2C. The third kappa shape index (κ3) is 3.82. The van der Waals surface area contributed by atoms with Crippen LogP contribution >= 0.6 is 0 Å². The molecule has 1 amide bonds. The smallest absolute Gasteiger partial charge is 0.325 e. The van der Waals surface area contributed by atoms with Gasteiger partial charge in [-0.1, -0.05) is 0 Å². The van der Waals surface area contributed by atoms with Crippen LogP contribution in [0, 0.1) is 10.1 Å². The van der Waals surface area contributed by atoms with Crippen LogP contribution in [0.5, 0.6) is 0 Å². The van der Waals surface area contributed by atoms with Gasteiger partial charge in [0.1, 0.15) is 0 Å². The van der Waals surface area contributed by atoms with Crippen molar-refractivity contribution in [3.8, 4) is 0 Å². The predicted octanol–water partition coefficient (Wildman–Crippen LogP) is 1.04. The Kier molecular flexibility index (Phi) is 5.46. The molecule has 0 aliphatic heterocycles. The van der Waals surface area contributed by atoms with Crippen molar-refractivity contribution in [2.45, 2.75) is 4.90 Å². The van der Waals surface area contributed by atoms with E-state index in [1.807, 2.05) is 0 Å². The Labute approximate surface area is 171 Å². The number of fused-ring (bicyclic) bond motifs is 1. The second kappa shape index (κ2) is 7.72. The number of aromatic nitrogens is 2. The second-order valence-electron chi connectivity index (χ2n) is 6.66. The monoisotopic (exact) mass is 433 g/mol. The number of imidazole rings is 1. The van der Waals surface area contributed by atoms with Crippen LogP contribution in [0.25, 0.3) is 11.0 Å². The Bertz CT molecular complexity index is 1310. The van der Waals surface area contributed by atoms with Crippen molar-refractivity contribution in [1.82, 2.24) is 13.4 Å². The minimum absolute atomic E-state index is 0.0539. The van der Waals surface area contributed by atoms with Crippen molar-refractivity contribution in [2.24, 2.45) is 14.1 Å². The number of carbonyl (C=O) groups is 1. The van der Waals surface area contributed by atoms with E-state index in [1.165, 1.54) is 58.6 Å². The number of aryl methyl sites for hydroxylation is 2. The highest BCUT2D eigenvalue weighted by Crippen LogP contribution is 2.21. The molecule has 11 nitrogen and oxygen atoms in total. The fourth-order valence-electron chi connectivity index (χ4n) is 2.98. The van der Waals surface area contributed by atoms with Crippen molar-refractivity contribution in [3.63, 3.8) is 0 Å². The van der Waals surface area contributed by atoms with Gasteiger partial charge in [-0.2, -0.15) is 4.31 Å². The molecule has 30 heavy (non-hydrogen) atoms. The Balaban J connectivity index is 1.78. The molecule has 12 heteroatoms. The maximum absolute atomic E-state index is 12.9. The van der Waals surface area contributed by atoms with Gasteiger partial charge in [0.25, 0.3) is 5.69 Å². The first kappa shape index (κ1) is 21.2. The molecular weight excluding hydrogens is 414 g/mol. The van der Waals surface area contributed by atoms with E-state index in [2.05, 4.69) is 5.32 Å². The lowest BCUT2D eigenvalue weighted by Crippen LogP contribution is -2.35. The number of amides is 1. The zero-order valence-electron chi connectivity index (χ0n) is 16.4. The van der Waals surface area contributed by atoms with E-state index in [0.29, 0.717) is 16.7 Å². The molecule has 1 N–H and O–H groups in total. The lowest BCUT2D eigenvalue weighted by Gasteiger charge is -2.17. The van der Waals surface area contributed by atoms with E-state index >= 15 is 0 Å². The van der Waals surface area contributed by atoms with Gasteiger partial charge in [-0.15, -0.1) is 0 Å². The van der Waals surface area contributed by atoms with Crippen LogP contribution in [0.15, 0.2) is 52.2 Å². The number of hydrogen-bond acceptors (Lipinski definition) is 6. The normalized spacial score (nSPS) is 11.7. The van der Waals surface area contributed by atoms with Crippen molar-refractivity contribution in [1.29, 1.82) is 0 Å². The number of nitrogens with zero attached hydrogens (tertiary/aromatic N) is 4. The summed E-state index contributed by atoms with van der Waals surface area (Å²) in [7, 11) is 0.400. The zero-order chi connectivity index (χ0) is 22.2. The van der Waals surface area contributed by atoms with Crippen molar-refractivity contribution >= 4 is 38.3 Å². The van der Waals surface area contributed by atoms with Gasteiger partial charge in [0, 0.05) is 39.0 Å². The number of rotatable bonds is 6. The highest BCUT2D eigenvalue weighted by atomic mass is 32.2. The molecule has 1 aromatic heterocycles. The molecule has 2 aromatic carbocycles. The standard InChI is InChI=1S/C18H19N5O6S/c1-20(11-17(24)19-12-4-6-13(7-5-12)23(26)27)30(28,29)14-8-9-15-16(10-14)22(3)18(25)21(15)2/h4-10H,11H2,1-3H3,(H,19,24). The Morgan fingerprint density at radius 2 is 1.70 bits per heavy atom. The van der Waals surface area contributed by atoms with Gasteiger partial charge in [0.15, 0.2) is 0 Å². The van der Waals surface area contributed by atoms with Gasteiger partial charge in [0.2, 0.25) is 15.9 Å². The molecule has 0 atom stereocenters. The molecule has 0 aliphatic carbocycles. The maximum atomic E-state index is 12.9. The van der Waals surface area contributed by atoms with Crippen molar-refractivity contribution in [2.75, 3.05) is 18.9 Å². The molecule has 1 heterocycles. The number of non-ortho nitro benzene ring substituents is 1. The first-order chi connectivity index (χ1) is 14.0. The highest BCUT2D eigenvalue weighted by molar-refractivity contribution is 7.89. The lowest BCUT2D eigenvalue weighted by atomic mass is 10.3. The average molecular weight is 433 g/mol. The van der Waals surface area contributed by atoms with Crippen molar-refractivity contribution in [3.05, 3.63) is 63.1 Å². The number of carbonyl (C=O) groups excluding carboxylic acids is 1. The summed E-state index contributed by atoms with van der Waals surface area (Å²) in [5.74, 6) is -0.608. The summed E-state index contributed by atoms with van der Waals surface area (Å²) in [6.45, 7) is -0.467. The molecule has 0 unspecified atom stereocenters. The Morgan fingerprint density at radius 1 is 1.10 bits per heavy atom. The average Bonchev–Trinajstić information content (AvgIpc) is 2.92. The summed E-state index contributed by atoms with van der Waals surface area (Å²) < 4.78 is 29.4. The number of nitro benzene ring substituents is 1. The molecule has 0 bridgehead atoms. The Morgan fingerprint density at radius 3 is 2.30 bits per heavy atom. The largest absolute Gasteiger partial charge is 0.328 e. The van der Waals surface area contributed by atoms with Gasteiger partial charge in [-0.25, -0.2) is 13.2 Å². The second-order valence-corrected chi connectivity index (χ2v) is 8.71. The summed E-state index contributed by atoms with van der Waals surface area (Å²) in [5, 5.41) is 13.2. The van der Waals surface area contributed by atoms with E-state index in [4.69, 9.17) is 0 Å². The minimum atomic E-state index is -4.00. The van der Waals surface area contributed by atoms with E-state index in [-0.39, 0.29) is 16.3 Å². The maximum Gasteiger partial charge on any atom is 0.328 e. The molecule has 0 fully saturated rings. The zero-order valence-corrected chi connectivity index (χ0v) is 17.2. The topological polar surface area (TPSA) is 137 Å². The van der Waals surface area contributed by atoms with Crippen LogP contribution in [0.1, 0.15) is 0 Å². The summed E-state index contributed by atoms with van der Waals surface area (Å²) in [4.78, 5) is 34.3. The van der Waals surface area contributed by atoms with Gasteiger partial charge in [-0.05, 0) is 30.3 Å². The third-order valence-electron chi connectivity index (χ3n) is 4.68. The number of hydrogen-bond donors (Lipinski definition) is 1. The van der Waals surface area contributed by atoms with E-state index in [9.17, 15) is 28.1 Å². The number of sulfonamides is 1. The summed E-state index contributed by atoms with van der Waals surface area (Å²) in [6.07, 6.45) is 0. The lowest BCUT2D eigenvalue weighted by molar-refractivity contribution is -0.384. The Hall–Kier alpha value is -3.51. The van der Waals surface area contributed by atoms with Crippen LogP contribution in [-0.4, -0.2) is 46.3 Å². The molecule has 0 radical (unpaired) electrons. The molecule has 0 saturated carbocycles. The van der Waals surface area contributed by atoms with Crippen LogP contribution in [0.3, 0.4) is 0 Å². The highest BCUT2D eigenvalue weighted by Gasteiger charge is 2.24. The predicted molar refractivity (Wildman–Crippen MR) is 110 cm³/mol. The number of likely N-dealkylation sites (N-methyl/N-ethyl adjacent to an activating group) is 1. The van der Waals surface area contributed by atoms with Crippen LogP contribution < -0.4 is 11.0 Å². The molecular formula is C18H19N5O6S. The fraction of sp³-hybridized carbons (Fsp3) is 0.222. The number of nitro groups is 1. The quantitative estimate of drug-likeness (QED) is 0.456. The van der Waals surface area contributed by atoms with Gasteiger partial charge >= 0.3 is 5.69 Å². The molecule has 0 spiro atoms. The third-order valence-corrected chi connectivity index (χ3v) is 6.48. The molecule has 3 aromatic rings. The fourth-order valence-corrected chi connectivity index (χ4v) is 4.13. The van der Waals surface area contributed by atoms with Crippen LogP contribution in [0.2, 0.25) is 0 Å². The van der Waals surface area contributed by atoms with Crippen LogP contribution in [-0.2, 0) is 28.9 Å². The van der Waals surface area contributed by atoms with E-state index < -0.39 is 27.4 Å². The molecule has 0 aliphatic rings. The molecule has 0 saturated heterocycles. The van der Waals surface area contributed by atoms with E-state index in [1.54, 1.807) is 14.1 Å². The minimum Gasteiger partial charge on any atom is -0.325 e. The number of anilines is 1. The van der Waals surface area contributed by atoms with Gasteiger partial charge in [0.05, 0.1) is 27.4 Å². The van der Waals surface area contributed by atoms with Gasteiger partial charge < -0.3 is 5.32 Å². The first-order valence-corrected chi connectivity index (χ1v) is 10.1. The number of nitrogens with one attached hydrogen (secondary N) is 1. The van der Waals surface area contributed by atoms with Crippen LogP contribution in [0.4, 0.5) is 11.4 Å². The summed E-state index contributed by atoms with van der Waals surface area (Å²) in [5.41, 5.74) is 0.929. The summed E-state index contributed by atoms with van der Waals surface area (Å²) >= 11 is 0. The van der Waals surface area contributed by atoms with E-state index in [0.717, 1.165) is 4.31 Å². The van der Waals surface area contributed by atoms with Gasteiger partial charge in [-0.3, -0.25) is 24.0 Å².